The normalized spacial score (nSPS) is 24.4. The zero-order valence-electron chi connectivity index (χ0n) is 12.0. The molecule has 19 heavy (non-hydrogen) atoms. The Balaban J connectivity index is 1.45. The van der Waals surface area contributed by atoms with Gasteiger partial charge in [-0.15, -0.1) is 0 Å². The van der Waals surface area contributed by atoms with Crippen molar-refractivity contribution in [2.24, 2.45) is 0 Å². The summed E-state index contributed by atoms with van der Waals surface area (Å²) in [5.41, 5.74) is 0. The first-order chi connectivity index (χ1) is 9.28. The maximum absolute atomic E-state index is 11.5. The third-order valence-corrected chi connectivity index (χ3v) is 3.74. The van der Waals surface area contributed by atoms with Gasteiger partial charge in [0.1, 0.15) is 0 Å². The molecule has 110 valence electrons. The van der Waals surface area contributed by atoms with Crippen molar-refractivity contribution in [3.05, 3.63) is 0 Å². The van der Waals surface area contributed by atoms with Gasteiger partial charge in [-0.2, -0.15) is 0 Å². The highest BCUT2D eigenvalue weighted by Gasteiger charge is 2.22. The molecule has 1 heterocycles. The van der Waals surface area contributed by atoms with Crippen molar-refractivity contribution in [3.63, 3.8) is 0 Å². The van der Waals surface area contributed by atoms with Crippen LogP contribution in [0, 0.1) is 0 Å². The highest BCUT2D eigenvalue weighted by Crippen LogP contribution is 2.18. The molecule has 1 amide bonds. The lowest BCUT2D eigenvalue weighted by Gasteiger charge is -2.32. The standard InChI is InChI=1S/C14H27N3O2/c1-2-17-8-9-19-13(11-17)10-15-7-3-4-14(18)16-12-5-6-12/h12-13,15H,2-11H2,1H3,(H,16,18). The van der Waals surface area contributed by atoms with Crippen molar-refractivity contribution in [1.82, 2.24) is 15.5 Å². The molecule has 5 nitrogen and oxygen atoms in total. The van der Waals surface area contributed by atoms with E-state index in [9.17, 15) is 4.79 Å². The van der Waals surface area contributed by atoms with Crippen LogP contribution in [0.1, 0.15) is 32.6 Å². The molecule has 2 fully saturated rings. The van der Waals surface area contributed by atoms with Crippen molar-refractivity contribution in [2.45, 2.75) is 44.8 Å². The van der Waals surface area contributed by atoms with Crippen molar-refractivity contribution in [1.29, 1.82) is 0 Å². The summed E-state index contributed by atoms with van der Waals surface area (Å²) in [4.78, 5) is 13.9. The number of hydrogen-bond acceptors (Lipinski definition) is 4. The minimum absolute atomic E-state index is 0.204. The molecule has 2 N–H and O–H groups in total. The molecule has 0 spiro atoms. The Hall–Kier alpha value is -0.650. The second-order valence-electron chi connectivity index (χ2n) is 5.54. The van der Waals surface area contributed by atoms with E-state index in [0.29, 0.717) is 18.6 Å². The van der Waals surface area contributed by atoms with Gasteiger partial charge in [-0.3, -0.25) is 9.69 Å². The van der Waals surface area contributed by atoms with Gasteiger partial charge in [0.2, 0.25) is 5.91 Å². The molecule has 1 aliphatic carbocycles. The van der Waals surface area contributed by atoms with Gasteiger partial charge in [0, 0.05) is 32.1 Å². The molecule has 0 aromatic carbocycles. The fraction of sp³-hybridized carbons (Fsp3) is 0.929. The summed E-state index contributed by atoms with van der Waals surface area (Å²) in [7, 11) is 0. The Kier molecular flexibility index (Phi) is 6.07. The molecule has 1 saturated heterocycles. The van der Waals surface area contributed by atoms with Crippen LogP contribution in [0.4, 0.5) is 0 Å². The maximum Gasteiger partial charge on any atom is 0.220 e. The number of rotatable bonds is 8. The number of nitrogens with zero attached hydrogens (tertiary/aromatic N) is 1. The predicted molar refractivity (Wildman–Crippen MR) is 75.1 cm³/mol. The number of ether oxygens (including phenoxy) is 1. The van der Waals surface area contributed by atoms with Crippen molar-refractivity contribution < 1.29 is 9.53 Å². The molecule has 5 heteroatoms. The Morgan fingerprint density at radius 3 is 3.00 bits per heavy atom. The quantitative estimate of drug-likeness (QED) is 0.625. The number of hydrogen-bond donors (Lipinski definition) is 2. The molecule has 2 aliphatic rings. The first kappa shape index (κ1) is 14.8. The number of nitrogens with one attached hydrogen (secondary N) is 2. The molecule has 1 saturated carbocycles. The van der Waals surface area contributed by atoms with Gasteiger partial charge in [0.25, 0.3) is 0 Å². The number of likely N-dealkylation sites (N-methyl/N-ethyl adjacent to an activating group) is 1. The summed E-state index contributed by atoms with van der Waals surface area (Å²) in [6, 6.07) is 0.483. The molecule has 1 unspecified atom stereocenters. The predicted octanol–water partition coefficient (Wildman–Crippen LogP) is 0.356. The number of carbonyl (C=O) groups is 1. The van der Waals surface area contributed by atoms with Crippen LogP contribution in [0.15, 0.2) is 0 Å². The van der Waals surface area contributed by atoms with Gasteiger partial charge >= 0.3 is 0 Å². The van der Waals surface area contributed by atoms with Gasteiger partial charge in [0.05, 0.1) is 12.7 Å². The van der Waals surface area contributed by atoms with E-state index < -0.39 is 0 Å². The van der Waals surface area contributed by atoms with E-state index in [-0.39, 0.29) is 5.91 Å². The minimum Gasteiger partial charge on any atom is -0.374 e. The lowest BCUT2D eigenvalue weighted by molar-refractivity contribution is -0.121. The van der Waals surface area contributed by atoms with E-state index >= 15 is 0 Å². The van der Waals surface area contributed by atoms with Gasteiger partial charge in [-0.25, -0.2) is 0 Å². The molecular formula is C14H27N3O2. The van der Waals surface area contributed by atoms with Crippen molar-refractivity contribution >= 4 is 5.91 Å². The molecular weight excluding hydrogens is 242 g/mol. The van der Waals surface area contributed by atoms with Crippen LogP contribution in [0.2, 0.25) is 0 Å². The SMILES string of the molecule is CCN1CCOC(CNCCCC(=O)NC2CC2)C1. The molecule has 0 radical (unpaired) electrons. The van der Waals surface area contributed by atoms with Crippen LogP contribution in [-0.4, -0.2) is 62.3 Å². The van der Waals surface area contributed by atoms with Gasteiger partial charge in [-0.1, -0.05) is 6.92 Å². The number of morpholine rings is 1. The lowest BCUT2D eigenvalue weighted by Crippen LogP contribution is -2.46. The first-order valence-corrected chi connectivity index (χ1v) is 7.62. The van der Waals surface area contributed by atoms with E-state index in [2.05, 4.69) is 22.5 Å². The smallest absolute Gasteiger partial charge is 0.220 e. The molecule has 0 bridgehead atoms. The van der Waals surface area contributed by atoms with E-state index in [4.69, 9.17) is 4.74 Å². The lowest BCUT2D eigenvalue weighted by atomic mass is 10.2. The summed E-state index contributed by atoms with van der Waals surface area (Å²) in [5, 5.41) is 6.40. The Bertz CT molecular complexity index is 282. The van der Waals surface area contributed by atoms with Crippen LogP contribution in [-0.2, 0) is 9.53 Å². The summed E-state index contributed by atoms with van der Waals surface area (Å²) >= 11 is 0. The second-order valence-corrected chi connectivity index (χ2v) is 5.54. The highest BCUT2D eigenvalue weighted by molar-refractivity contribution is 5.76. The van der Waals surface area contributed by atoms with E-state index in [1.54, 1.807) is 0 Å². The van der Waals surface area contributed by atoms with Crippen molar-refractivity contribution in [3.8, 4) is 0 Å². The minimum atomic E-state index is 0.204. The van der Waals surface area contributed by atoms with Crippen LogP contribution in [0.25, 0.3) is 0 Å². The van der Waals surface area contributed by atoms with Crippen LogP contribution in [0.5, 0.6) is 0 Å². The van der Waals surface area contributed by atoms with E-state index in [1.807, 2.05) is 0 Å². The molecule has 0 aromatic rings. The van der Waals surface area contributed by atoms with Gasteiger partial charge in [0.15, 0.2) is 0 Å². The fourth-order valence-electron chi connectivity index (χ4n) is 2.36. The molecule has 2 rings (SSSR count). The average molecular weight is 269 g/mol. The Morgan fingerprint density at radius 2 is 2.26 bits per heavy atom. The van der Waals surface area contributed by atoms with Gasteiger partial charge < -0.3 is 15.4 Å². The van der Waals surface area contributed by atoms with Crippen molar-refractivity contribution in [2.75, 3.05) is 39.3 Å². The fourth-order valence-corrected chi connectivity index (χ4v) is 2.36. The van der Waals surface area contributed by atoms with Gasteiger partial charge in [-0.05, 0) is 32.4 Å². The Morgan fingerprint density at radius 1 is 1.42 bits per heavy atom. The maximum atomic E-state index is 11.5. The summed E-state index contributed by atoms with van der Waals surface area (Å²) in [6.07, 6.45) is 4.17. The molecule has 1 atom stereocenters. The third kappa shape index (κ3) is 5.89. The number of carbonyl (C=O) groups excluding carboxylic acids is 1. The third-order valence-electron chi connectivity index (χ3n) is 3.74. The second kappa shape index (κ2) is 7.82. The van der Waals surface area contributed by atoms with Crippen LogP contribution < -0.4 is 10.6 Å². The van der Waals surface area contributed by atoms with Crippen LogP contribution in [0.3, 0.4) is 0 Å². The largest absolute Gasteiger partial charge is 0.374 e. The average Bonchev–Trinajstić information content (AvgIpc) is 3.22. The Labute approximate surface area is 116 Å². The summed E-state index contributed by atoms with van der Waals surface area (Å²) in [5.74, 6) is 0.204. The highest BCUT2D eigenvalue weighted by atomic mass is 16.5. The molecule has 0 aromatic heterocycles. The van der Waals surface area contributed by atoms with E-state index in [0.717, 1.165) is 58.6 Å². The summed E-state index contributed by atoms with van der Waals surface area (Å²) < 4.78 is 5.72. The zero-order chi connectivity index (χ0) is 13.5. The monoisotopic (exact) mass is 269 g/mol. The summed E-state index contributed by atoms with van der Waals surface area (Å²) in [6.45, 7) is 7.98. The number of amides is 1. The van der Waals surface area contributed by atoms with Crippen LogP contribution >= 0.6 is 0 Å². The molecule has 1 aliphatic heterocycles. The first-order valence-electron chi connectivity index (χ1n) is 7.62. The zero-order valence-corrected chi connectivity index (χ0v) is 12.0. The topological polar surface area (TPSA) is 53.6 Å². The van der Waals surface area contributed by atoms with E-state index in [1.165, 1.54) is 0 Å².